The molecule has 0 bridgehead atoms. The fraction of sp³-hybridized carbons (Fsp3) is 0.739. The Hall–Kier alpha value is -2.15. The topological polar surface area (TPSA) is 153 Å². The molecule has 0 aromatic carbocycles. The number of carbonyl (C=O) groups is 4. The SMILES string of the molecule is CC(O)C1C(=O)N2C(C(=O)O)=C(SC3CNC(C(=O)N4CCC([N+](C)(C)CC(N)=O)C4)C3)C(C)[C@@H]12. The number of amides is 3. The van der Waals surface area contributed by atoms with Crippen LogP contribution in [0.15, 0.2) is 10.6 Å². The predicted octanol–water partition coefficient (Wildman–Crippen LogP) is -1.23. The van der Waals surface area contributed by atoms with Gasteiger partial charge in [-0.1, -0.05) is 6.92 Å². The molecule has 3 fully saturated rings. The van der Waals surface area contributed by atoms with Gasteiger partial charge in [0.1, 0.15) is 11.7 Å². The molecule has 0 saturated carbocycles. The molecule has 4 aliphatic rings. The Bertz CT molecular complexity index is 968. The van der Waals surface area contributed by atoms with Crippen molar-refractivity contribution in [1.29, 1.82) is 0 Å². The quantitative estimate of drug-likeness (QED) is 0.234. The van der Waals surface area contributed by atoms with Crippen LogP contribution in [0.3, 0.4) is 0 Å². The number of β-lactam (4-membered cyclic amide) rings is 1. The second-order valence-electron chi connectivity index (χ2n) is 10.8. The van der Waals surface area contributed by atoms with Crippen molar-refractivity contribution in [2.45, 2.75) is 56.2 Å². The summed E-state index contributed by atoms with van der Waals surface area (Å²) in [6.07, 6.45) is 0.529. The Labute approximate surface area is 209 Å². The number of likely N-dealkylation sites (tertiary alicyclic amines) is 1. The van der Waals surface area contributed by atoms with Crippen LogP contribution >= 0.6 is 11.8 Å². The first-order valence-corrected chi connectivity index (χ1v) is 13.0. The number of quaternary nitrogens is 1. The average Bonchev–Trinajstić information content (AvgIpc) is 3.46. The van der Waals surface area contributed by atoms with Gasteiger partial charge in [-0.3, -0.25) is 14.4 Å². The molecular formula is C23H36N5O6S+. The number of nitrogens with one attached hydrogen (secondary N) is 1. The van der Waals surface area contributed by atoms with Gasteiger partial charge < -0.3 is 35.5 Å². The monoisotopic (exact) mass is 510 g/mol. The molecule has 6 unspecified atom stereocenters. The zero-order chi connectivity index (χ0) is 25.8. The van der Waals surface area contributed by atoms with Crippen LogP contribution in [0.2, 0.25) is 0 Å². The van der Waals surface area contributed by atoms with Gasteiger partial charge in [0.2, 0.25) is 11.8 Å². The minimum Gasteiger partial charge on any atom is -0.477 e. The number of primary amides is 1. The molecule has 35 heavy (non-hydrogen) atoms. The molecule has 7 atom stereocenters. The van der Waals surface area contributed by atoms with Gasteiger partial charge in [-0.05, 0) is 13.3 Å². The Morgan fingerprint density at radius 2 is 2.00 bits per heavy atom. The van der Waals surface area contributed by atoms with Gasteiger partial charge in [0, 0.05) is 35.6 Å². The smallest absolute Gasteiger partial charge is 0.353 e. The molecule has 4 heterocycles. The second kappa shape index (κ2) is 9.38. The van der Waals surface area contributed by atoms with Gasteiger partial charge in [0.25, 0.3) is 5.91 Å². The number of likely N-dealkylation sites (N-methyl/N-ethyl adjacent to an activating group) is 1. The Morgan fingerprint density at radius 3 is 2.60 bits per heavy atom. The third-order valence-electron chi connectivity index (χ3n) is 8.02. The van der Waals surface area contributed by atoms with Crippen molar-refractivity contribution in [3.63, 3.8) is 0 Å². The van der Waals surface area contributed by atoms with Crippen molar-refractivity contribution in [2.24, 2.45) is 17.6 Å². The molecule has 4 aliphatic heterocycles. The molecule has 0 aliphatic carbocycles. The molecule has 194 valence electrons. The van der Waals surface area contributed by atoms with E-state index in [-0.39, 0.29) is 59.3 Å². The highest BCUT2D eigenvalue weighted by molar-refractivity contribution is 8.03. The van der Waals surface area contributed by atoms with Crippen molar-refractivity contribution in [2.75, 3.05) is 40.3 Å². The molecule has 0 aromatic heterocycles. The number of carbonyl (C=O) groups excluding carboxylic acids is 3. The van der Waals surface area contributed by atoms with Crippen LogP contribution in [0.5, 0.6) is 0 Å². The average molecular weight is 511 g/mol. The van der Waals surface area contributed by atoms with E-state index in [1.54, 1.807) is 6.92 Å². The maximum Gasteiger partial charge on any atom is 0.353 e. The third kappa shape index (κ3) is 4.56. The first-order valence-electron chi connectivity index (χ1n) is 12.1. The highest BCUT2D eigenvalue weighted by atomic mass is 32.2. The van der Waals surface area contributed by atoms with Gasteiger partial charge in [-0.15, -0.1) is 11.8 Å². The van der Waals surface area contributed by atoms with Crippen molar-refractivity contribution < 1.29 is 33.9 Å². The number of nitrogens with zero attached hydrogens (tertiary/aromatic N) is 3. The van der Waals surface area contributed by atoms with E-state index in [0.717, 1.165) is 6.42 Å². The summed E-state index contributed by atoms with van der Waals surface area (Å²) in [6, 6.07) is -0.552. The normalized spacial score (nSPS) is 33.7. The fourth-order valence-electron chi connectivity index (χ4n) is 6.10. The summed E-state index contributed by atoms with van der Waals surface area (Å²) in [5.41, 5.74) is 5.40. The molecule has 12 heteroatoms. The lowest BCUT2D eigenvalue weighted by atomic mass is 9.79. The number of carboxylic acids is 1. The van der Waals surface area contributed by atoms with Crippen LogP contribution in [0, 0.1) is 11.8 Å². The van der Waals surface area contributed by atoms with E-state index >= 15 is 0 Å². The van der Waals surface area contributed by atoms with E-state index in [0.29, 0.717) is 35.4 Å². The van der Waals surface area contributed by atoms with Gasteiger partial charge in [-0.2, -0.15) is 0 Å². The number of thioether (sulfide) groups is 1. The molecule has 3 amide bonds. The van der Waals surface area contributed by atoms with Crippen LogP contribution in [0.1, 0.15) is 26.7 Å². The molecule has 4 rings (SSSR count). The summed E-state index contributed by atoms with van der Waals surface area (Å²) in [5, 5.41) is 23.1. The number of aliphatic hydroxyl groups excluding tert-OH is 1. The van der Waals surface area contributed by atoms with E-state index < -0.39 is 18.0 Å². The number of carboxylic acid groups (broad SMARTS) is 1. The number of nitrogens with two attached hydrogens (primary N) is 1. The standard InChI is InChI=1S/C23H35N5O6S/c1-11-18-17(12(2)29)22(32)27(18)19(23(33)34)20(11)35-14-7-15(25-8-14)21(31)26-6-5-13(9-26)28(3,4)10-16(24)30/h11-15,17-18,25,29H,5-10H2,1-4H3,(H2-,24,30,33,34)/p+1/t11?,12?,13?,14?,15?,17?,18-/m0/s1. The number of hydrogen-bond acceptors (Lipinski definition) is 7. The highest BCUT2D eigenvalue weighted by Crippen LogP contribution is 2.51. The third-order valence-corrected chi connectivity index (χ3v) is 9.53. The van der Waals surface area contributed by atoms with E-state index in [1.165, 1.54) is 16.7 Å². The predicted molar refractivity (Wildman–Crippen MR) is 129 cm³/mol. The summed E-state index contributed by atoms with van der Waals surface area (Å²) in [5.74, 6) is -2.60. The maximum absolute atomic E-state index is 13.2. The van der Waals surface area contributed by atoms with Crippen molar-refractivity contribution in [1.82, 2.24) is 15.1 Å². The summed E-state index contributed by atoms with van der Waals surface area (Å²) >= 11 is 1.43. The summed E-state index contributed by atoms with van der Waals surface area (Å²) in [4.78, 5) is 53.0. The molecule has 11 nitrogen and oxygen atoms in total. The first-order chi connectivity index (χ1) is 16.3. The highest BCUT2D eigenvalue weighted by Gasteiger charge is 2.60. The molecule has 0 radical (unpaired) electrons. The molecule has 5 N–H and O–H groups in total. The lowest BCUT2D eigenvalue weighted by Crippen LogP contribution is -2.63. The van der Waals surface area contributed by atoms with E-state index in [2.05, 4.69) is 5.32 Å². The molecule has 0 spiro atoms. The second-order valence-corrected chi connectivity index (χ2v) is 12.2. The Balaban J connectivity index is 1.39. The summed E-state index contributed by atoms with van der Waals surface area (Å²) in [6.45, 7) is 5.45. The largest absolute Gasteiger partial charge is 0.477 e. The van der Waals surface area contributed by atoms with Gasteiger partial charge in [0.05, 0.1) is 44.7 Å². The van der Waals surface area contributed by atoms with Gasteiger partial charge >= 0.3 is 5.97 Å². The van der Waals surface area contributed by atoms with Gasteiger partial charge in [-0.25, -0.2) is 4.79 Å². The fourth-order valence-corrected chi connectivity index (χ4v) is 7.58. The van der Waals surface area contributed by atoms with Crippen LogP contribution in [-0.2, 0) is 19.2 Å². The maximum atomic E-state index is 13.2. The number of aliphatic hydroxyl groups is 1. The first kappa shape index (κ1) is 25.9. The lowest BCUT2D eigenvalue weighted by molar-refractivity contribution is -0.905. The zero-order valence-corrected chi connectivity index (χ0v) is 21.5. The van der Waals surface area contributed by atoms with Gasteiger partial charge in [0.15, 0.2) is 6.54 Å². The van der Waals surface area contributed by atoms with Crippen molar-refractivity contribution in [3.8, 4) is 0 Å². The minimum absolute atomic E-state index is 0.00460. The number of fused-ring (bicyclic) bond motifs is 1. The van der Waals surface area contributed by atoms with Crippen LogP contribution < -0.4 is 11.1 Å². The Kier molecular flexibility index (Phi) is 6.95. The van der Waals surface area contributed by atoms with Crippen molar-refractivity contribution >= 4 is 35.5 Å². The molecule has 3 saturated heterocycles. The molecule has 0 aromatic rings. The zero-order valence-electron chi connectivity index (χ0n) is 20.6. The van der Waals surface area contributed by atoms with Crippen molar-refractivity contribution in [3.05, 3.63) is 10.6 Å². The lowest BCUT2D eigenvalue weighted by Gasteiger charge is -2.46. The van der Waals surface area contributed by atoms with Crippen LogP contribution in [0.25, 0.3) is 0 Å². The minimum atomic E-state index is -1.14. The number of hydrogen-bond donors (Lipinski definition) is 4. The number of rotatable bonds is 8. The van der Waals surface area contributed by atoms with E-state index in [1.807, 2.05) is 25.9 Å². The Morgan fingerprint density at radius 1 is 1.31 bits per heavy atom. The van der Waals surface area contributed by atoms with E-state index in [4.69, 9.17) is 5.73 Å². The molecular weight excluding hydrogens is 474 g/mol. The summed E-state index contributed by atoms with van der Waals surface area (Å²) < 4.78 is 0.448. The van der Waals surface area contributed by atoms with E-state index in [9.17, 15) is 29.4 Å². The van der Waals surface area contributed by atoms with Crippen LogP contribution in [0.4, 0.5) is 0 Å². The van der Waals surface area contributed by atoms with Crippen LogP contribution in [-0.4, -0.2) is 118 Å². The summed E-state index contributed by atoms with van der Waals surface area (Å²) in [7, 11) is 3.91. The number of aliphatic carboxylic acids is 1.